The number of hydrogen-bond acceptors (Lipinski definition) is 6. The van der Waals surface area contributed by atoms with Gasteiger partial charge in [0.05, 0.1) is 6.61 Å². The summed E-state index contributed by atoms with van der Waals surface area (Å²) in [6.07, 6.45) is 0.758. The van der Waals surface area contributed by atoms with E-state index in [1.165, 1.54) is 0 Å². The molecule has 0 fully saturated rings. The maximum atomic E-state index is 11.9. The van der Waals surface area contributed by atoms with Gasteiger partial charge in [-0.15, -0.1) is 0 Å². The van der Waals surface area contributed by atoms with Gasteiger partial charge < -0.3 is 11.5 Å². The SMILES string of the molecule is CCCOP(=O)(NCCN)ONCCN.[NaH]. The first-order chi connectivity index (χ1) is 7.18. The van der Waals surface area contributed by atoms with Crippen molar-refractivity contribution in [1.29, 1.82) is 0 Å². The summed E-state index contributed by atoms with van der Waals surface area (Å²) < 4.78 is 21.9. The quantitative estimate of drug-likeness (QED) is 0.171. The monoisotopic (exact) mass is 264 g/mol. The molecular weight excluding hydrogens is 242 g/mol. The third-order valence-corrected chi connectivity index (χ3v) is 2.85. The van der Waals surface area contributed by atoms with Crippen molar-refractivity contribution >= 4 is 37.3 Å². The molecule has 0 aliphatic rings. The molecule has 0 amide bonds. The maximum absolute atomic E-state index is 11.9. The second-order valence-corrected chi connectivity index (χ2v) is 4.55. The van der Waals surface area contributed by atoms with Crippen LogP contribution in [0, 0.1) is 0 Å². The zero-order valence-corrected chi connectivity index (χ0v) is 9.96. The van der Waals surface area contributed by atoms with Crippen molar-refractivity contribution in [2.75, 3.05) is 32.8 Å². The molecule has 9 heteroatoms. The Labute approximate surface area is 119 Å². The van der Waals surface area contributed by atoms with E-state index in [2.05, 4.69) is 10.6 Å². The summed E-state index contributed by atoms with van der Waals surface area (Å²) in [5, 5.41) is 2.62. The van der Waals surface area contributed by atoms with Crippen LogP contribution in [0.5, 0.6) is 0 Å². The molecule has 7 nitrogen and oxygen atoms in total. The molecule has 6 N–H and O–H groups in total. The molecule has 1 unspecified atom stereocenters. The number of rotatable bonds is 10. The molecule has 0 aliphatic heterocycles. The van der Waals surface area contributed by atoms with Crippen molar-refractivity contribution in [3.8, 4) is 0 Å². The van der Waals surface area contributed by atoms with E-state index in [9.17, 15) is 4.57 Å². The molecule has 16 heavy (non-hydrogen) atoms. The van der Waals surface area contributed by atoms with Gasteiger partial charge in [-0.3, -0.25) is 4.52 Å². The summed E-state index contributed by atoms with van der Waals surface area (Å²) in [4.78, 5) is 0. The van der Waals surface area contributed by atoms with Crippen molar-refractivity contribution < 1.29 is 13.7 Å². The van der Waals surface area contributed by atoms with Crippen molar-refractivity contribution in [3.63, 3.8) is 0 Å². The van der Waals surface area contributed by atoms with Crippen LogP contribution in [0.4, 0.5) is 0 Å². The molecule has 0 saturated carbocycles. The standard InChI is InChI=1S/C7H21N4O3P.Na.H/c1-2-7-13-15(12,11-6-4-9)14-10-5-3-8;;/h10H,2-9H2,1H3,(H,11,12);;. The molecule has 1 atom stereocenters. The molecule has 0 bridgehead atoms. The van der Waals surface area contributed by atoms with Crippen LogP contribution in [0.15, 0.2) is 0 Å². The first kappa shape index (κ1) is 19.3. The fourth-order valence-corrected chi connectivity index (χ4v) is 2.00. The van der Waals surface area contributed by atoms with Crippen LogP contribution in [-0.4, -0.2) is 62.3 Å². The van der Waals surface area contributed by atoms with Gasteiger partial charge in [-0.1, -0.05) is 6.92 Å². The van der Waals surface area contributed by atoms with Crippen molar-refractivity contribution in [1.82, 2.24) is 10.6 Å². The second kappa shape index (κ2) is 12.4. The molecule has 0 radical (unpaired) electrons. The normalized spacial score (nSPS) is 14.2. The molecule has 0 aromatic heterocycles. The Kier molecular flexibility index (Phi) is 15.0. The summed E-state index contributed by atoms with van der Waals surface area (Å²) >= 11 is 0. The molecule has 0 saturated heterocycles. The Morgan fingerprint density at radius 1 is 1.25 bits per heavy atom. The predicted molar refractivity (Wildman–Crippen MR) is 66.2 cm³/mol. The van der Waals surface area contributed by atoms with Crippen molar-refractivity contribution in [3.05, 3.63) is 0 Å². The third kappa shape index (κ3) is 10.2. The topological polar surface area (TPSA) is 112 Å². The second-order valence-electron chi connectivity index (χ2n) is 2.80. The summed E-state index contributed by atoms with van der Waals surface area (Å²) in [7, 11) is -3.28. The van der Waals surface area contributed by atoms with Crippen LogP contribution in [0.25, 0.3) is 0 Å². The third-order valence-electron chi connectivity index (χ3n) is 1.35. The minimum absolute atomic E-state index is 0. The fourth-order valence-electron chi connectivity index (χ4n) is 0.707. The van der Waals surface area contributed by atoms with Gasteiger partial charge in [-0.25, -0.2) is 14.3 Å². The van der Waals surface area contributed by atoms with E-state index in [-0.39, 0.29) is 29.6 Å². The Morgan fingerprint density at radius 3 is 2.38 bits per heavy atom. The molecule has 0 heterocycles. The molecule has 0 aromatic rings. The Morgan fingerprint density at radius 2 is 1.88 bits per heavy atom. The first-order valence-corrected chi connectivity index (χ1v) is 6.54. The van der Waals surface area contributed by atoms with E-state index in [0.717, 1.165) is 6.42 Å². The Hall–Kier alpha value is 0.990. The van der Waals surface area contributed by atoms with Gasteiger partial charge in [0, 0.05) is 26.2 Å². The van der Waals surface area contributed by atoms with Gasteiger partial charge in [0.25, 0.3) is 0 Å². The zero-order valence-electron chi connectivity index (χ0n) is 9.07. The van der Waals surface area contributed by atoms with Crippen molar-refractivity contribution in [2.24, 2.45) is 11.5 Å². The van der Waals surface area contributed by atoms with Crippen molar-refractivity contribution in [2.45, 2.75) is 13.3 Å². The number of hydrogen-bond donors (Lipinski definition) is 4. The van der Waals surface area contributed by atoms with Crippen LogP contribution >= 0.6 is 7.75 Å². The summed E-state index contributed by atoms with van der Waals surface area (Å²) in [5.41, 5.74) is 13.0. The Balaban J connectivity index is 0. The van der Waals surface area contributed by atoms with Crippen LogP contribution in [-0.2, 0) is 13.7 Å². The summed E-state index contributed by atoms with van der Waals surface area (Å²) in [6.45, 7) is 3.80. The van der Waals surface area contributed by atoms with Gasteiger partial charge in [-0.05, 0) is 6.42 Å². The van der Waals surface area contributed by atoms with Gasteiger partial charge in [0.1, 0.15) is 0 Å². The van der Waals surface area contributed by atoms with E-state index < -0.39 is 7.75 Å². The average molecular weight is 264 g/mol. The van der Waals surface area contributed by atoms with E-state index in [4.69, 9.17) is 20.6 Å². The fraction of sp³-hybridized carbons (Fsp3) is 1.00. The molecule has 94 valence electrons. The van der Waals surface area contributed by atoms with Crippen LogP contribution in [0.1, 0.15) is 13.3 Å². The zero-order chi connectivity index (χ0) is 11.6. The van der Waals surface area contributed by atoms with E-state index in [1.807, 2.05) is 6.92 Å². The number of nitrogens with two attached hydrogens (primary N) is 2. The van der Waals surface area contributed by atoms with Crippen LogP contribution in [0.2, 0.25) is 0 Å². The van der Waals surface area contributed by atoms with Gasteiger partial charge in [0.2, 0.25) is 0 Å². The summed E-state index contributed by atoms with van der Waals surface area (Å²) in [6, 6.07) is 0. The molecular formula is C7H22N4NaO3P. The first-order valence-electron chi connectivity index (χ1n) is 4.99. The Bertz CT molecular complexity index is 186. The molecule has 0 aliphatic carbocycles. The molecule has 0 rings (SSSR count). The van der Waals surface area contributed by atoms with Gasteiger partial charge >= 0.3 is 37.3 Å². The van der Waals surface area contributed by atoms with Crippen LogP contribution in [0.3, 0.4) is 0 Å². The van der Waals surface area contributed by atoms with E-state index in [1.54, 1.807) is 0 Å². The minimum atomic E-state index is -3.28. The van der Waals surface area contributed by atoms with E-state index >= 15 is 0 Å². The van der Waals surface area contributed by atoms with Gasteiger partial charge in [-0.2, -0.15) is 5.48 Å². The van der Waals surface area contributed by atoms with Crippen LogP contribution < -0.4 is 22.0 Å². The predicted octanol–water partition coefficient (Wildman–Crippen LogP) is -1.10. The molecule has 0 aromatic carbocycles. The molecule has 0 spiro atoms. The average Bonchev–Trinajstić information content (AvgIpc) is 2.24. The summed E-state index contributed by atoms with van der Waals surface area (Å²) in [5.74, 6) is 0. The van der Waals surface area contributed by atoms with Gasteiger partial charge in [0.15, 0.2) is 0 Å². The number of hydroxylamine groups is 1. The van der Waals surface area contributed by atoms with E-state index in [0.29, 0.717) is 32.8 Å². The number of nitrogens with one attached hydrogen (secondary N) is 2.